The van der Waals surface area contributed by atoms with Gasteiger partial charge in [-0.15, -0.1) is 0 Å². The summed E-state index contributed by atoms with van der Waals surface area (Å²) in [6.07, 6.45) is 3.85. The highest BCUT2D eigenvalue weighted by Gasteiger charge is 2.38. The molecule has 15 heavy (non-hydrogen) atoms. The molecular formula is C11H23N3O. The van der Waals surface area contributed by atoms with Gasteiger partial charge in [0.15, 0.2) is 0 Å². The Kier molecular flexibility index (Phi) is 5.05. The summed E-state index contributed by atoms with van der Waals surface area (Å²) in [6.45, 7) is 5.34. The standard InChI is InChI=1S/C11H23N3O/c1-2-11(5-8-13-9-11)10(15)14-7-4-3-6-12/h13H,2-9,12H2,1H3,(H,14,15). The summed E-state index contributed by atoms with van der Waals surface area (Å²) in [6, 6.07) is 0. The van der Waals surface area contributed by atoms with Crippen molar-refractivity contribution in [1.29, 1.82) is 0 Å². The van der Waals surface area contributed by atoms with E-state index in [-0.39, 0.29) is 11.3 Å². The topological polar surface area (TPSA) is 67.2 Å². The molecule has 0 bridgehead atoms. The molecule has 1 aliphatic rings. The number of carbonyl (C=O) groups excluding carboxylic acids is 1. The van der Waals surface area contributed by atoms with Gasteiger partial charge >= 0.3 is 0 Å². The molecule has 0 spiro atoms. The van der Waals surface area contributed by atoms with Gasteiger partial charge in [-0.25, -0.2) is 0 Å². The normalized spacial score (nSPS) is 25.5. The third-order valence-corrected chi connectivity index (χ3v) is 3.32. The Morgan fingerprint density at radius 1 is 1.53 bits per heavy atom. The molecule has 1 amide bonds. The Morgan fingerprint density at radius 3 is 2.87 bits per heavy atom. The zero-order chi connectivity index (χ0) is 11.1. The van der Waals surface area contributed by atoms with Gasteiger partial charge in [0.05, 0.1) is 5.41 Å². The molecular weight excluding hydrogens is 190 g/mol. The summed E-state index contributed by atoms with van der Waals surface area (Å²) < 4.78 is 0. The Hall–Kier alpha value is -0.610. The van der Waals surface area contributed by atoms with Crippen molar-refractivity contribution >= 4 is 5.91 Å². The first-order valence-corrected chi connectivity index (χ1v) is 5.94. The van der Waals surface area contributed by atoms with Crippen LogP contribution in [-0.4, -0.2) is 32.1 Å². The fourth-order valence-electron chi connectivity index (χ4n) is 2.06. The van der Waals surface area contributed by atoms with Crippen LogP contribution in [0, 0.1) is 5.41 Å². The fraction of sp³-hybridized carbons (Fsp3) is 0.909. The van der Waals surface area contributed by atoms with Gasteiger partial charge in [-0.1, -0.05) is 6.92 Å². The van der Waals surface area contributed by atoms with E-state index in [1.54, 1.807) is 0 Å². The molecule has 1 unspecified atom stereocenters. The van der Waals surface area contributed by atoms with E-state index >= 15 is 0 Å². The molecule has 0 radical (unpaired) electrons. The zero-order valence-corrected chi connectivity index (χ0v) is 9.64. The molecule has 1 aliphatic heterocycles. The molecule has 0 aromatic heterocycles. The van der Waals surface area contributed by atoms with Gasteiger partial charge in [-0.3, -0.25) is 4.79 Å². The molecule has 1 saturated heterocycles. The van der Waals surface area contributed by atoms with Crippen LogP contribution in [0.2, 0.25) is 0 Å². The van der Waals surface area contributed by atoms with Crippen LogP contribution in [0.25, 0.3) is 0 Å². The molecule has 4 N–H and O–H groups in total. The van der Waals surface area contributed by atoms with Gasteiger partial charge < -0.3 is 16.4 Å². The maximum absolute atomic E-state index is 12.0. The van der Waals surface area contributed by atoms with E-state index < -0.39 is 0 Å². The fourth-order valence-corrected chi connectivity index (χ4v) is 2.06. The molecule has 0 aliphatic carbocycles. The zero-order valence-electron chi connectivity index (χ0n) is 9.64. The predicted octanol–water partition coefficient (Wildman–Crippen LogP) is 0.231. The van der Waals surface area contributed by atoms with Crippen LogP contribution in [0.3, 0.4) is 0 Å². The number of hydrogen-bond acceptors (Lipinski definition) is 3. The average Bonchev–Trinajstić information content (AvgIpc) is 2.74. The van der Waals surface area contributed by atoms with Crippen LogP contribution < -0.4 is 16.4 Å². The van der Waals surface area contributed by atoms with Crippen molar-refractivity contribution in [1.82, 2.24) is 10.6 Å². The second-order valence-corrected chi connectivity index (χ2v) is 4.31. The van der Waals surface area contributed by atoms with Crippen molar-refractivity contribution in [3.63, 3.8) is 0 Å². The maximum atomic E-state index is 12.0. The molecule has 0 aromatic carbocycles. The van der Waals surface area contributed by atoms with Gasteiger partial charge in [-0.05, 0) is 38.8 Å². The number of hydrogen-bond donors (Lipinski definition) is 3. The Bertz CT molecular complexity index is 200. The number of nitrogens with one attached hydrogen (secondary N) is 2. The molecule has 0 saturated carbocycles. The number of carbonyl (C=O) groups is 1. The van der Waals surface area contributed by atoms with Crippen LogP contribution in [0.1, 0.15) is 32.6 Å². The highest BCUT2D eigenvalue weighted by atomic mass is 16.2. The van der Waals surface area contributed by atoms with E-state index in [9.17, 15) is 4.79 Å². The van der Waals surface area contributed by atoms with Crippen molar-refractivity contribution < 1.29 is 4.79 Å². The first-order valence-electron chi connectivity index (χ1n) is 5.94. The number of rotatable bonds is 6. The Balaban J connectivity index is 2.31. The number of nitrogens with two attached hydrogens (primary N) is 1. The van der Waals surface area contributed by atoms with E-state index in [0.717, 1.165) is 45.3 Å². The van der Waals surface area contributed by atoms with E-state index in [0.29, 0.717) is 6.54 Å². The first kappa shape index (κ1) is 12.5. The lowest BCUT2D eigenvalue weighted by atomic mass is 9.83. The predicted molar refractivity (Wildman–Crippen MR) is 61.5 cm³/mol. The molecule has 1 heterocycles. The second kappa shape index (κ2) is 6.08. The van der Waals surface area contributed by atoms with Gasteiger partial charge in [0.2, 0.25) is 5.91 Å². The smallest absolute Gasteiger partial charge is 0.227 e. The Labute approximate surface area is 92.0 Å². The summed E-state index contributed by atoms with van der Waals surface area (Å²) in [4.78, 5) is 12.0. The summed E-state index contributed by atoms with van der Waals surface area (Å²) >= 11 is 0. The summed E-state index contributed by atoms with van der Waals surface area (Å²) in [5, 5.41) is 6.28. The van der Waals surface area contributed by atoms with E-state index in [1.165, 1.54) is 0 Å². The highest BCUT2D eigenvalue weighted by Crippen LogP contribution is 2.29. The molecule has 0 aromatic rings. The second-order valence-electron chi connectivity index (χ2n) is 4.31. The van der Waals surface area contributed by atoms with Crippen LogP contribution >= 0.6 is 0 Å². The van der Waals surface area contributed by atoms with Crippen molar-refractivity contribution in [3.05, 3.63) is 0 Å². The monoisotopic (exact) mass is 213 g/mol. The molecule has 4 nitrogen and oxygen atoms in total. The minimum Gasteiger partial charge on any atom is -0.356 e. The van der Waals surface area contributed by atoms with Gasteiger partial charge in [0.25, 0.3) is 0 Å². The van der Waals surface area contributed by atoms with Crippen molar-refractivity contribution in [2.24, 2.45) is 11.1 Å². The third kappa shape index (κ3) is 3.18. The number of amides is 1. The average molecular weight is 213 g/mol. The van der Waals surface area contributed by atoms with Gasteiger partial charge in [-0.2, -0.15) is 0 Å². The highest BCUT2D eigenvalue weighted by molar-refractivity contribution is 5.83. The molecule has 1 fully saturated rings. The molecule has 1 rings (SSSR count). The third-order valence-electron chi connectivity index (χ3n) is 3.32. The van der Waals surface area contributed by atoms with Gasteiger partial charge in [0, 0.05) is 13.1 Å². The van der Waals surface area contributed by atoms with E-state index in [1.807, 2.05) is 0 Å². The van der Waals surface area contributed by atoms with Crippen LogP contribution in [0.15, 0.2) is 0 Å². The Morgan fingerprint density at radius 2 is 2.33 bits per heavy atom. The van der Waals surface area contributed by atoms with Crippen molar-refractivity contribution in [2.75, 3.05) is 26.2 Å². The summed E-state index contributed by atoms with van der Waals surface area (Å²) in [5.41, 5.74) is 5.25. The van der Waals surface area contributed by atoms with Crippen LogP contribution in [0.5, 0.6) is 0 Å². The van der Waals surface area contributed by atoms with Crippen LogP contribution in [-0.2, 0) is 4.79 Å². The van der Waals surface area contributed by atoms with Crippen LogP contribution in [0.4, 0.5) is 0 Å². The van der Waals surface area contributed by atoms with Crippen molar-refractivity contribution in [2.45, 2.75) is 32.6 Å². The SMILES string of the molecule is CCC1(C(=O)NCCCCN)CCNC1. The first-order chi connectivity index (χ1) is 7.25. The molecule has 4 heteroatoms. The van der Waals surface area contributed by atoms with Crippen molar-refractivity contribution in [3.8, 4) is 0 Å². The summed E-state index contributed by atoms with van der Waals surface area (Å²) in [5.74, 6) is 0.215. The maximum Gasteiger partial charge on any atom is 0.227 e. The largest absolute Gasteiger partial charge is 0.356 e. The molecule has 1 atom stereocenters. The lowest BCUT2D eigenvalue weighted by Crippen LogP contribution is -2.42. The molecule has 88 valence electrons. The minimum absolute atomic E-state index is 0.150. The lowest BCUT2D eigenvalue weighted by molar-refractivity contribution is -0.130. The van der Waals surface area contributed by atoms with Gasteiger partial charge in [0.1, 0.15) is 0 Å². The lowest BCUT2D eigenvalue weighted by Gasteiger charge is -2.25. The number of unbranched alkanes of at least 4 members (excludes halogenated alkanes) is 1. The quantitative estimate of drug-likeness (QED) is 0.553. The minimum atomic E-state index is -0.150. The summed E-state index contributed by atoms with van der Waals surface area (Å²) in [7, 11) is 0. The van der Waals surface area contributed by atoms with E-state index in [2.05, 4.69) is 17.6 Å². The van der Waals surface area contributed by atoms with E-state index in [4.69, 9.17) is 5.73 Å².